The lowest BCUT2D eigenvalue weighted by molar-refractivity contribution is -0.141. The van der Waals surface area contributed by atoms with Crippen molar-refractivity contribution in [3.8, 4) is 0 Å². The van der Waals surface area contributed by atoms with Crippen LogP contribution in [0, 0.1) is 0 Å². The molecule has 4 nitrogen and oxygen atoms in total. The molecule has 0 bridgehead atoms. The third-order valence-corrected chi connectivity index (χ3v) is 4.03. The Hall–Kier alpha value is -1.54. The number of hydrogen-bond donors (Lipinski definition) is 0. The Morgan fingerprint density at radius 1 is 1.11 bits per heavy atom. The van der Waals surface area contributed by atoms with Crippen molar-refractivity contribution in [2.45, 2.75) is 11.1 Å². The van der Waals surface area contributed by atoms with Crippen molar-refractivity contribution in [2.75, 3.05) is 0 Å². The third kappa shape index (κ3) is 2.74. The van der Waals surface area contributed by atoms with E-state index in [0.29, 0.717) is 11.1 Å². The van der Waals surface area contributed by atoms with Gasteiger partial charge in [0.2, 0.25) is 0 Å². The molecule has 2 rings (SSSR count). The number of hydrogen-bond acceptors (Lipinski definition) is 3. The second kappa shape index (κ2) is 4.53. The highest BCUT2D eigenvalue weighted by Crippen LogP contribution is 2.28. The van der Waals surface area contributed by atoms with Gasteiger partial charge >= 0.3 is 6.18 Å². The molecule has 0 unspecified atom stereocenters. The van der Waals surface area contributed by atoms with E-state index in [1.807, 2.05) is 0 Å². The largest absolute Gasteiger partial charge is 0.435 e. The summed E-state index contributed by atoms with van der Waals surface area (Å²) >= 11 is 5.61. The molecule has 0 amide bonds. The van der Waals surface area contributed by atoms with E-state index >= 15 is 0 Å². The molecule has 0 aliphatic rings. The molecule has 0 saturated heterocycles. The Bertz CT molecular complexity index is 692. The maximum atomic E-state index is 12.4. The van der Waals surface area contributed by atoms with Gasteiger partial charge in [0.05, 0.1) is 4.90 Å². The molecule has 102 valence electrons. The van der Waals surface area contributed by atoms with Crippen LogP contribution in [0.4, 0.5) is 13.2 Å². The Balaban J connectivity index is 2.46. The van der Waals surface area contributed by atoms with Gasteiger partial charge < -0.3 is 0 Å². The minimum atomic E-state index is -4.69. The zero-order valence-corrected chi connectivity index (χ0v) is 10.7. The first-order valence-electron chi connectivity index (χ1n) is 4.85. The van der Waals surface area contributed by atoms with E-state index in [1.165, 1.54) is 24.3 Å². The minimum Gasteiger partial charge on any atom is -0.199 e. The van der Waals surface area contributed by atoms with Crippen molar-refractivity contribution >= 4 is 21.6 Å². The molecule has 0 aliphatic carbocycles. The maximum absolute atomic E-state index is 12.4. The summed E-state index contributed by atoms with van der Waals surface area (Å²) in [7, 11) is -4.15. The molecule has 0 radical (unpaired) electrons. The highest BCUT2D eigenvalue weighted by atomic mass is 35.5. The number of nitrogens with zero attached hydrogens (tertiary/aromatic N) is 2. The van der Waals surface area contributed by atoms with E-state index < -0.39 is 21.9 Å². The number of aromatic nitrogens is 2. The average molecular weight is 311 g/mol. The van der Waals surface area contributed by atoms with Crippen LogP contribution in [-0.2, 0) is 16.2 Å². The van der Waals surface area contributed by atoms with Gasteiger partial charge in [-0.3, -0.25) is 0 Å². The minimum absolute atomic E-state index is 0.200. The number of rotatable bonds is 2. The van der Waals surface area contributed by atoms with Gasteiger partial charge in [0, 0.05) is 11.2 Å². The van der Waals surface area contributed by atoms with Crippen LogP contribution in [0.15, 0.2) is 41.4 Å². The van der Waals surface area contributed by atoms with Crippen LogP contribution < -0.4 is 0 Å². The van der Waals surface area contributed by atoms with Crippen LogP contribution in [-0.4, -0.2) is 17.6 Å². The summed E-state index contributed by atoms with van der Waals surface area (Å²) in [6, 6.07) is 5.61. The molecule has 2 aromatic rings. The van der Waals surface area contributed by atoms with Crippen molar-refractivity contribution in [1.82, 2.24) is 9.19 Å². The number of halogens is 4. The summed E-state index contributed by atoms with van der Waals surface area (Å²) in [5.74, 6) is 0. The molecular formula is C10H6ClF3N2O2S. The first-order valence-corrected chi connectivity index (χ1v) is 6.67. The summed E-state index contributed by atoms with van der Waals surface area (Å²) < 4.78 is 61.3. The van der Waals surface area contributed by atoms with Crippen LogP contribution in [0.5, 0.6) is 0 Å². The van der Waals surface area contributed by atoms with Gasteiger partial charge in [-0.2, -0.15) is 30.8 Å². The summed E-state index contributed by atoms with van der Waals surface area (Å²) in [4.78, 5) is -0.200. The Labute approximate surface area is 111 Å². The van der Waals surface area contributed by atoms with E-state index in [-0.39, 0.29) is 8.98 Å². The van der Waals surface area contributed by atoms with Gasteiger partial charge in [-0.05, 0) is 30.3 Å². The fourth-order valence-corrected chi connectivity index (χ4v) is 2.55. The van der Waals surface area contributed by atoms with Gasteiger partial charge in [-0.25, -0.2) is 0 Å². The molecular weight excluding hydrogens is 305 g/mol. The summed E-state index contributed by atoms with van der Waals surface area (Å²) in [6.07, 6.45) is -3.95. The topological polar surface area (TPSA) is 52.0 Å². The molecule has 1 aromatic carbocycles. The van der Waals surface area contributed by atoms with Crippen LogP contribution in [0.1, 0.15) is 5.69 Å². The molecule has 9 heteroatoms. The smallest absolute Gasteiger partial charge is 0.199 e. The number of benzene rings is 1. The second-order valence-corrected chi connectivity index (χ2v) is 5.76. The van der Waals surface area contributed by atoms with Crippen molar-refractivity contribution in [2.24, 2.45) is 0 Å². The Morgan fingerprint density at radius 2 is 1.68 bits per heavy atom. The predicted octanol–water partition coefficient (Wildman–Crippen LogP) is 2.79. The van der Waals surface area contributed by atoms with E-state index in [4.69, 9.17) is 11.6 Å². The standard InChI is InChI=1S/C10H6ClF3N2O2S/c11-7-1-3-8(4-2-7)19(17,18)16-6-5-9(15-16)10(12,13)14/h1-6H. The van der Waals surface area contributed by atoms with Crippen LogP contribution >= 0.6 is 11.6 Å². The Morgan fingerprint density at radius 3 is 2.16 bits per heavy atom. The fourth-order valence-electron chi connectivity index (χ4n) is 1.31. The molecule has 1 heterocycles. The monoisotopic (exact) mass is 310 g/mol. The van der Waals surface area contributed by atoms with E-state index in [2.05, 4.69) is 5.10 Å². The second-order valence-electron chi connectivity index (χ2n) is 3.53. The predicted molar refractivity (Wildman–Crippen MR) is 61.3 cm³/mol. The van der Waals surface area contributed by atoms with Gasteiger partial charge in [-0.15, -0.1) is 0 Å². The highest BCUT2D eigenvalue weighted by Gasteiger charge is 2.34. The summed E-state index contributed by atoms with van der Waals surface area (Å²) in [5.41, 5.74) is -1.27. The van der Waals surface area contributed by atoms with Crippen LogP contribution in [0.3, 0.4) is 0 Å². The molecule has 0 spiro atoms. The van der Waals surface area contributed by atoms with E-state index in [0.717, 1.165) is 6.20 Å². The zero-order valence-electron chi connectivity index (χ0n) is 9.10. The molecule has 0 N–H and O–H groups in total. The van der Waals surface area contributed by atoms with Gasteiger partial charge in [0.25, 0.3) is 10.0 Å². The summed E-state index contributed by atoms with van der Waals surface area (Å²) in [5, 5.41) is 3.34. The first kappa shape index (κ1) is 13.9. The van der Waals surface area contributed by atoms with Gasteiger partial charge in [-0.1, -0.05) is 11.6 Å². The molecule has 0 fully saturated rings. The molecule has 1 aromatic heterocycles. The molecule has 0 aliphatic heterocycles. The quantitative estimate of drug-likeness (QED) is 0.857. The summed E-state index contributed by atoms with van der Waals surface area (Å²) in [6.45, 7) is 0. The molecule has 0 atom stereocenters. The molecule has 19 heavy (non-hydrogen) atoms. The fraction of sp³-hybridized carbons (Fsp3) is 0.100. The highest BCUT2D eigenvalue weighted by molar-refractivity contribution is 7.89. The van der Waals surface area contributed by atoms with Crippen LogP contribution in [0.2, 0.25) is 5.02 Å². The molecule has 0 saturated carbocycles. The lowest BCUT2D eigenvalue weighted by atomic mass is 10.4. The first-order chi connectivity index (χ1) is 8.71. The SMILES string of the molecule is O=S(=O)(c1ccc(Cl)cc1)n1ccc(C(F)(F)F)n1. The number of alkyl halides is 3. The van der Waals surface area contributed by atoms with Crippen molar-refractivity contribution < 1.29 is 21.6 Å². The van der Waals surface area contributed by atoms with Gasteiger partial charge in [0.1, 0.15) is 0 Å². The maximum Gasteiger partial charge on any atom is 0.435 e. The van der Waals surface area contributed by atoms with E-state index in [1.54, 1.807) is 0 Å². The van der Waals surface area contributed by atoms with Crippen molar-refractivity contribution in [3.05, 3.63) is 47.2 Å². The lowest BCUT2D eigenvalue weighted by Crippen LogP contribution is -2.15. The van der Waals surface area contributed by atoms with E-state index in [9.17, 15) is 21.6 Å². The Kier molecular flexibility index (Phi) is 3.31. The van der Waals surface area contributed by atoms with Crippen molar-refractivity contribution in [3.63, 3.8) is 0 Å². The lowest BCUT2D eigenvalue weighted by Gasteiger charge is -2.05. The van der Waals surface area contributed by atoms with Crippen molar-refractivity contribution in [1.29, 1.82) is 0 Å². The average Bonchev–Trinajstić information content (AvgIpc) is 2.79. The normalized spacial score (nSPS) is 12.6. The third-order valence-electron chi connectivity index (χ3n) is 2.21. The van der Waals surface area contributed by atoms with Gasteiger partial charge in [0.15, 0.2) is 5.69 Å². The zero-order chi connectivity index (χ0) is 14.3. The van der Waals surface area contributed by atoms with Crippen LogP contribution in [0.25, 0.3) is 0 Å².